The van der Waals surface area contributed by atoms with Crippen molar-refractivity contribution in [3.63, 3.8) is 0 Å². The molecule has 1 saturated heterocycles. The largest absolute Gasteiger partial charge is 0.478 e. The van der Waals surface area contributed by atoms with Crippen molar-refractivity contribution < 1.29 is 23.9 Å². The van der Waals surface area contributed by atoms with E-state index in [-0.39, 0.29) is 46.1 Å². The number of benzene rings is 1. The summed E-state index contributed by atoms with van der Waals surface area (Å²) in [7, 11) is 0. The summed E-state index contributed by atoms with van der Waals surface area (Å²) in [5, 5.41) is 14.4. The maximum atomic E-state index is 12.8. The number of carbonyl (C=O) groups is 3. The van der Waals surface area contributed by atoms with Gasteiger partial charge in [-0.05, 0) is 55.0 Å². The van der Waals surface area contributed by atoms with Crippen LogP contribution in [0, 0.1) is 23.7 Å². The maximum Gasteiger partial charge on any atom is 0.337 e. The predicted molar refractivity (Wildman–Crippen MR) is 108 cm³/mol. The van der Waals surface area contributed by atoms with Gasteiger partial charge in [0.05, 0.1) is 28.6 Å². The number of halogens is 1. The maximum absolute atomic E-state index is 12.8. The van der Waals surface area contributed by atoms with Crippen molar-refractivity contribution in [1.29, 1.82) is 0 Å². The molecule has 30 heavy (non-hydrogen) atoms. The van der Waals surface area contributed by atoms with Crippen LogP contribution in [0.15, 0.2) is 52.0 Å². The zero-order chi connectivity index (χ0) is 21.0. The van der Waals surface area contributed by atoms with Crippen molar-refractivity contribution in [2.24, 2.45) is 28.8 Å². The number of nitrogens with zero attached hydrogens (tertiary/aromatic N) is 2. The molecule has 2 heterocycles. The van der Waals surface area contributed by atoms with E-state index in [1.54, 1.807) is 18.2 Å². The number of furan rings is 1. The minimum Gasteiger partial charge on any atom is -0.478 e. The van der Waals surface area contributed by atoms with E-state index in [2.05, 4.69) is 17.3 Å². The number of fused-ring (bicyclic) bond motifs is 1. The quantitative estimate of drug-likeness (QED) is 0.456. The number of carboxylic acid groups (broad SMARTS) is 1. The molecule has 2 aromatic rings. The van der Waals surface area contributed by atoms with Crippen molar-refractivity contribution in [3.05, 3.63) is 58.8 Å². The molecule has 8 heteroatoms. The Morgan fingerprint density at radius 2 is 1.77 bits per heavy atom. The predicted octanol–water partition coefficient (Wildman–Crippen LogP) is 3.83. The molecule has 1 aromatic carbocycles. The summed E-state index contributed by atoms with van der Waals surface area (Å²) in [6, 6.07) is 7.86. The second kappa shape index (κ2) is 6.95. The monoisotopic (exact) mass is 424 g/mol. The Kier molecular flexibility index (Phi) is 4.36. The minimum absolute atomic E-state index is 0.0279. The topological polar surface area (TPSA) is 100 Å². The second-order valence-electron chi connectivity index (χ2n) is 7.78. The van der Waals surface area contributed by atoms with Crippen LogP contribution in [0.1, 0.15) is 29.0 Å². The molecular formula is C22H17ClN2O5. The number of hydrazone groups is 1. The number of hydrogen-bond acceptors (Lipinski definition) is 5. The highest BCUT2D eigenvalue weighted by Crippen LogP contribution is 2.49. The van der Waals surface area contributed by atoms with Crippen molar-refractivity contribution in [1.82, 2.24) is 5.01 Å². The minimum atomic E-state index is -1.13. The molecule has 2 bridgehead atoms. The van der Waals surface area contributed by atoms with E-state index in [0.29, 0.717) is 17.1 Å². The number of allylic oxidation sites excluding steroid dienone is 2. The first-order chi connectivity index (χ1) is 14.4. The molecule has 0 radical (unpaired) electrons. The highest BCUT2D eigenvalue weighted by Gasteiger charge is 2.56. The van der Waals surface area contributed by atoms with E-state index in [0.717, 1.165) is 17.9 Å². The van der Waals surface area contributed by atoms with E-state index in [1.807, 2.05) is 0 Å². The molecule has 6 rings (SSSR count). The van der Waals surface area contributed by atoms with Gasteiger partial charge >= 0.3 is 5.97 Å². The smallest absolute Gasteiger partial charge is 0.337 e. The molecule has 1 aliphatic heterocycles. The fourth-order valence-corrected chi connectivity index (χ4v) is 4.91. The average molecular weight is 425 g/mol. The Balaban J connectivity index is 1.37. The van der Waals surface area contributed by atoms with Crippen LogP contribution in [-0.2, 0) is 9.59 Å². The lowest BCUT2D eigenvalue weighted by Crippen LogP contribution is -2.38. The van der Waals surface area contributed by atoms with Gasteiger partial charge in [-0.2, -0.15) is 10.1 Å². The summed E-state index contributed by atoms with van der Waals surface area (Å²) >= 11 is 5.90. The molecule has 1 saturated carbocycles. The Morgan fingerprint density at radius 3 is 2.37 bits per heavy atom. The Hall–Kier alpha value is -3.19. The van der Waals surface area contributed by atoms with Crippen LogP contribution < -0.4 is 0 Å². The van der Waals surface area contributed by atoms with Gasteiger partial charge in [-0.15, -0.1) is 0 Å². The SMILES string of the molecule is O=C(O)c1cc(-c2ccc(/C=N\N3C(=O)[C@@H]4[C@H](C3=O)[C@@H]3C=C[C@@H]4CC3)o2)ccc1Cl. The van der Waals surface area contributed by atoms with Gasteiger partial charge in [0.1, 0.15) is 11.5 Å². The van der Waals surface area contributed by atoms with Gasteiger partial charge in [-0.3, -0.25) is 9.59 Å². The van der Waals surface area contributed by atoms with Gasteiger partial charge in [-0.25, -0.2) is 4.79 Å². The van der Waals surface area contributed by atoms with Gasteiger partial charge in [0.2, 0.25) is 0 Å². The zero-order valence-electron chi connectivity index (χ0n) is 15.7. The standard InChI is InChI=1S/C22H17ClN2O5/c23-16-7-5-13(9-15(16)22(28)29)17-8-6-14(30-17)10-24-25-20(26)18-11-1-2-12(4-3-11)19(18)21(25)27/h1-2,5-12,18-19H,3-4H2,(H,28,29)/b24-10-/t11-,12-,18-,19+/m1/s1. The highest BCUT2D eigenvalue weighted by atomic mass is 35.5. The van der Waals surface area contributed by atoms with E-state index < -0.39 is 5.97 Å². The van der Waals surface area contributed by atoms with Crippen molar-refractivity contribution >= 4 is 35.6 Å². The summed E-state index contributed by atoms with van der Waals surface area (Å²) in [5.74, 6) is -1.28. The molecule has 2 fully saturated rings. The number of imide groups is 1. The van der Waals surface area contributed by atoms with Crippen LogP contribution in [0.4, 0.5) is 0 Å². The molecule has 7 nitrogen and oxygen atoms in total. The fourth-order valence-electron chi connectivity index (χ4n) is 4.71. The van der Waals surface area contributed by atoms with E-state index >= 15 is 0 Å². The summed E-state index contributed by atoms with van der Waals surface area (Å²) in [4.78, 5) is 36.8. The molecule has 152 valence electrons. The second-order valence-corrected chi connectivity index (χ2v) is 8.18. The van der Waals surface area contributed by atoms with Crippen LogP contribution in [-0.4, -0.2) is 34.1 Å². The summed E-state index contributed by atoms with van der Waals surface area (Å²) < 4.78 is 5.70. The first-order valence-electron chi connectivity index (χ1n) is 9.67. The lowest BCUT2D eigenvalue weighted by atomic mass is 9.63. The Labute approximate surface area is 176 Å². The first kappa shape index (κ1) is 18.8. The Bertz CT molecular complexity index is 1100. The zero-order valence-corrected chi connectivity index (χ0v) is 16.5. The molecule has 0 unspecified atom stereocenters. The highest BCUT2D eigenvalue weighted by molar-refractivity contribution is 6.33. The normalized spacial score (nSPS) is 27.3. The van der Waals surface area contributed by atoms with Crippen LogP contribution >= 0.6 is 11.6 Å². The first-order valence-corrected chi connectivity index (χ1v) is 10.0. The van der Waals surface area contributed by atoms with Crippen LogP contribution in [0.3, 0.4) is 0 Å². The number of carbonyl (C=O) groups excluding carboxylic acids is 2. The van der Waals surface area contributed by atoms with E-state index in [9.17, 15) is 19.5 Å². The molecule has 1 N–H and O–H groups in total. The summed E-state index contributed by atoms with van der Waals surface area (Å²) in [6.07, 6.45) is 7.31. The molecule has 4 atom stereocenters. The van der Waals surface area contributed by atoms with Crippen LogP contribution in [0.25, 0.3) is 11.3 Å². The summed E-state index contributed by atoms with van der Waals surface area (Å²) in [6.45, 7) is 0. The molecule has 3 aliphatic carbocycles. The molecular weight excluding hydrogens is 408 g/mol. The number of amides is 2. The van der Waals surface area contributed by atoms with Crippen molar-refractivity contribution in [3.8, 4) is 11.3 Å². The molecule has 2 amide bonds. The molecule has 1 aromatic heterocycles. The third kappa shape index (κ3) is 2.89. The fraction of sp³-hybridized carbons (Fsp3) is 0.273. The number of hydrogen-bond donors (Lipinski definition) is 1. The van der Waals surface area contributed by atoms with E-state index in [1.165, 1.54) is 18.3 Å². The van der Waals surface area contributed by atoms with Crippen LogP contribution in [0.5, 0.6) is 0 Å². The molecule has 0 spiro atoms. The van der Waals surface area contributed by atoms with Crippen LogP contribution in [0.2, 0.25) is 5.02 Å². The number of aromatic carboxylic acids is 1. The number of rotatable bonds is 4. The van der Waals surface area contributed by atoms with Gasteiger partial charge in [0.15, 0.2) is 0 Å². The van der Waals surface area contributed by atoms with Crippen molar-refractivity contribution in [2.45, 2.75) is 12.8 Å². The average Bonchev–Trinajstić information content (AvgIpc) is 3.32. The lowest BCUT2D eigenvalue weighted by Gasteiger charge is -2.37. The van der Waals surface area contributed by atoms with Gasteiger partial charge in [0, 0.05) is 5.56 Å². The van der Waals surface area contributed by atoms with E-state index in [4.69, 9.17) is 16.0 Å². The third-order valence-corrected chi connectivity index (χ3v) is 6.47. The van der Waals surface area contributed by atoms with Gasteiger partial charge < -0.3 is 9.52 Å². The number of carboxylic acids is 1. The Morgan fingerprint density at radius 1 is 1.10 bits per heavy atom. The van der Waals surface area contributed by atoms with Gasteiger partial charge in [-0.1, -0.05) is 23.8 Å². The third-order valence-electron chi connectivity index (χ3n) is 6.14. The molecule has 4 aliphatic rings. The lowest BCUT2D eigenvalue weighted by molar-refractivity contribution is -0.140. The summed E-state index contributed by atoms with van der Waals surface area (Å²) in [5.41, 5.74) is 0.512. The van der Waals surface area contributed by atoms with Crippen molar-refractivity contribution in [2.75, 3.05) is 0 Å². The van der Waals surface area contributed by atoms with Gasteiger partial charge in [0.25, 0.3) is 11.8 Å².